The molecule has 1 fully saturated rings. The lowest BCUT2D eigenvalue weighted by Gasteiger charge is -2.26. The lowest BCUT2D eigenvalue weighted by Crippen LogP contribution is -2.37. The molecule has 0 aromatic heterocycles. The molecule has 116 valence electrons. The number of ether oxygens (including phenoxy) is 2. The number of nitrogens with zero attached hydrogens (tertiary/aromatic N) is 2. The Kier molecular flexibility index (Phi) is 5.77. The molecule has 0 bridgehead atoms. The van der Waals surface area contributed by atoms with Crippen molar-refractivity contribution in [1.82, 2.24) is 4.90 Å². The number of nitro benzene ring substituents is 1. The number of nitrogens with one attached hydrogen (secondary N) is 1. The minimum Gasteiger partial charge on any atom is -0.497 e. The van der Waals surface area contributed by atoms with Crippen molar-refractivity contribution >= 4 is 11.4 Å². The van der Waals surface area contributed by atoms with Gasteiger partial charge in [-0.2, -0.15) is 0 Å². The van der Waals surface area contributed by atoms with Crippen molar-refractivity contribution in [3.8, 4) is 5.75 Å². The van der Waals surface area contributed by atoms with Crippen LogP contribution in [0.25, 0.3) is 0 Å². The third kappa shape index (κ3) is 4.57. The lowest BCUT2D eigenvalue weighted by molar-refractivity contribution is -0.384. The molecule has 0 aliphatic carbocycles. The molecule has 0 atom stereocenters. The summed E-state index contributed by atoms with van der Waals surface area (Å²) in [5.41, 5.74) is 0.573. The molecule has 0 amide bonds. The van der Waals surface area contributed by atoms with E-state index < -0.39 is 0 Å². The van der Waals surface area contributed by atoms with Crippen LogP contribution in [0.5, 0.6) is 5.75 Å². The van der Waals surface area contributed by atoms with Gasteiger partial charge in [0, 0.05) is 31.8 Å². The molecule has 1 saturated heterocycles. The Morgan fingerprint density at radius 2 is 2.19 bits per heavy atom. The predicted molar refractivity (Wildman–Crippen MR) is 80.0 cm³/mol. The van der Waals surface area contributed by atoms with Crippen LogP contribution < -0.4 is 10.1 Å². The van der Waals surface area contributed by atoms with E-state index in [-0.39, 0.29) is 10.6 Å². The summed E-state index contributed by atoms with van der Waals surface area (Å²) in [6.07, 6.45) is 0.925. The highest BCUT2D eigenvalue weighted by Gasteiger charge is 2.14. The second kappa shape index (κ2) is 7.80. The van der Waals surface area contributed by atoms with Crippen LogP contribution in [0, 0.1) is 10.1 Å². The average molecular weight is 295 g/mol. The summed E-state index contributed by atoms with van der Waals surface area (Å²) < 4.78 is 10.4. The van der Waals surface area contributed by atoms with Gasteiger partial charge < -0.3 is 14.8 Å². The van der Waals surface area contributed by atoms with Crippen LogP contribution in [0.2, 0.25) is 0 Å². The van der Waals surface area contributed by atoms with E-state index >= 15 is 0 Å². The number of hydrogen-bond donors (Lipinski definition) is 1. The second-order valence-corrected chi connectivity index (χ2v) is 4.87. The van der Waals surface area contributed by atoms with Crippen molar-refractivity contribution in [2.75, 3.05) is 51.8 Å². The van der Waals surface area contributed by atoms with Gasteiger partial charge in [-0.15, -0.1) is 0 Å². The van der Waals surface area contributed by atoms with Gasteiger partial charge in [0.15, 0.2) is 0 Å². The van der Waals surface area contributed by atoms with Crippen LogP contribution in [0.3, 0.4) is 0 Å². The molecular formula is C14H21N3O4. The van der Waals surface area contributed by atoms with Crippen LogP contribution in [0.15, 0.2) is 18.2 Å². The number of methoxy groups -OCH3 is 1. The molecule has 7 nitrogen and oxygen atoms in total. The van der Waals surface area contributed by atoms with Crippen LogP contribution in [-0.2, 0) is 4.74 Å². The van der Waals surface area contributed by atoms with Crippen molar-refractivity contribution in [1.29, 1.82) is 0 Å². The minimum atomic E-state index is -0.385. The van der Waals surface area contributed by atoms with E-state index in [2.05, 4.69) is 10.2 Å². The van der Waals surface area contributed by atoms with E-state index in [1.54, 1.807) is 19.2 Å². The maximum Gasteiger partial charge on any atom is 0.292 e. The average Bonchev–Trinajstić information content (AvgIpc) is 2.52. The van der Waals surface area contributed by atoms with Gasteiger partial charge in [-0.25, -0.2) is 0 Å². The fourth-order valence-electron chi connectivity index (χ4n) is 2.29. The number of morpholine rings is 1. The Hall–Kier alpha value is -1.86. The first-order chi connectivity index (χ1) is 10.2. The van der Waals surface area contributed by atoms with Crippen molar-refractivity contribution in [3.05, 3.63) is 28.3 Å². The highest BCUT2D eigenvalue weighted by molar-refractivity contribution is 5.64. The number of nitro groups is 1. The molecule has 1 N–H and O–H groups in total. The van der Waals surface area contributed by atoms with E-state index in [0.29, 0.717) is 18.0 Å². The van der Waals surface area contributed by atoms with Crippen molar-refractivity contribution < 1.29 is 14.4 Å². The van der Waals surface area contributed by atoms with Gasteiger partial charge in [0.1, 0.15) is 11.4 Å². The van der Waals surface area contributed by atoms with Crippen molar-refractivity contribution in [3.63, 3.8) is 0 Å². The normalized spacial score (nSPS) is 15.7. The van der Waals surface area contributed by atoms with Gasteiger partial charge in [-0.3, -0.25) is 15.0 Å². The topological polar surface area (TPSA) is 76.9 Å². The van der Waals surface area contributed by atoms with Crippen molar-refractivity contribution in [2.45, 2.75) is 6.42 Å². The lowest BCUT2D eigenvalue weighted by atomic mass is 10.2. The minimum absolute atomic E-state index is 0.0715. The van der Waals surface area contributed by atoms with Crippen LogP contribution in [-0.4, -0.2) is 56.3 Å². The van der Waals surface area contributed by atoms with Gasteiger partial charge in [0.25, 0.3) is 5.69 Å². The molecule has 0 saturated carbocycles. The summed E-state index contributed by atoms with van der Waals surface area (Å²) >= 11 is 0. The van der Waals surface area contributed by atoms with E-state index in [0.717, 1.165) is 39.3 Å². The summed E-state index contributed by atoms with van der Waals surface area (Å²) in [6, 6.07) is 4.72. The Bertz CT molecular complexity index is 475. The number of benzene rings is 1. The summed E-state index contributed by atoms with van der Waals surface area (Å²) in [4.78, 5) is 13.0. The van der Waals surface area contributed by atoms with Gasteiger partial charge in [-0.1, -0.05) is 0 Å². The molecule has 0 radical (unpaired) electrons. The smallest absolute Gasteiger partial charge is 0.292 e. The van der Waals surface area contributed by atoms with Gasteiger partial charge >= 0.3 is 0 Å². The predicted octanol–water partition coefficient (Wildman–Crippen LogP) is 1.74. The molecule has 1 heterocycles. The zero-order chi connectivity index (χ0) is 15.1. The van der Waals surface area contributed by atoms with Gasteiger partial charge in [0.05, 0.1) is 25.2 Å². The second-order valence-electron chi connectivity index (χ2n) is 4.87. The maximum absolute atomic E-state index is 11.0. The van der Waals surface area contributed by atoms with Crippen LogP contribution in [0.1, 0.15) is 6.42 Å². The largest absolute Gasteiger partial charge is 0.497 e. The quantitative estimate of drug-likeness (QED) is 0.469. The standard InChI is InChI=1S/C14H21N3O4/c1-20-12-3-4-14(17(18)19)13(11-12)15-5-2-6-16-7-9-21-10-8-16/h3-4,11,15H,2,5-10H2,1H3. The first-order valence-corrected chi connectivity index (χ1v) is 7.07. The molecule has 0 spiro atoms. The molecule has 2 rings (SSSR count). The van der Waals surface area contributed by atoms with E-state index in [4.69, 9.17) is 9.47 Å². The van der Waals surface area contributed by atoms with E-state index in [1.807, 2.05) is 0 Å². The third-order valence-electron chi connectivity index (χ3n) is 3.47. The summed E-state index contributed by atoms with van der Waals surface area (Å²) in [5, 5.41) is 14.1. The number of rotatable bonds is 7. The van der Waals surface area contributed by atoms with Crippen LogP contribution in [0.4, 0.5) is 11.4 Å². The summed E-state index contributed by atoms with van der Waals surface area (Å²) in [6.45, 7) is 5.14. The Morgan fingerprint density at radius 1 is 1.43 bits per heavy atom. The summed E-state index contributed by atoms with van der Waals surface area (Å²) in [7, 11) is 1.55. The molecule has 1 aliphatic rings. The van der Waals surface area contributed by atoms with Crippen molar-refractivity contribution in [2.24, 2.45) is 0 Å². The number of anilines is 1. The number of hydrogen-bond acceptors (Lipinski definition) is 6. The molecule has 21 heavy (non-hydrogen) atoms. The Labute approximate surface area is 124 Å². The highest BCUT2D eigenvalue weighted by Crippen LogP contribution is 2.28. The maximum atomic E-state index is 11.0. The molecule has 1 aromatic carbocycles. The summed E-state index contributed by atoms with van der Waals surface area (Å²) in [5.74, 6) is 0.608. The fraction of sp³-hybridized carbons (Fsp3) is 0.571. The van der Waals surface area contributed by atoms with E-state index in [1.165, 1.54) is 6.07 Å². The Morgan fingerprint density at radius 3 is 2.86 bits per heavy atom. The zero-order valence-electron chi connectivity index (χ0n) is 12.2. The first kappa shape index (κ1) is 15.5. The van der Waals surface area contributed by atoms with Crippen LogP contribution >= 0.6 is 0 Å². The molecule has 0 unspecified atom stereocenters. The molecular weight excluding hydrogens is 274 g/mol. The monoisotopic (exact) mass is 295 g/mol. The Balaban J connectivity index is 1.84. The highest BCUT2D eigenvalue weighted by atomic mass is 16.6. The fourth-order valence-corrected chi connectivity index (χ4v) is 2.29. The molecule has 1 aromatic rings. The van der Waals surface area contributed by atoms with Gasteiger partial charge in [-0.05, 0) is 19.0 Å². The molecule has 7 heteroatoms. The SMILES string of the molecule is COc1ccc([N+](=O)[O-])c(NCCCN2CCOCC2)c1. The first-order valence-electron chi connectivity index (χ1n) is 7.07. The van der Waals surface area contributed by atoms with Gasteiger partial charge in [0.2, 0.25) is 0 Å². The zero-order valence-corrected chi connectivity index (χ0v) is 12.2. The third-order valence-corrected chi connectivity index (χ3v) is 3.47. The van der Waals surface area contributed by atoms with E-state index in [9.17, 15) is 10.1 Å². The molecule has 1 aliphatic heterocycles.